The van der Waals surface area contributed by atoms with Gasteiger partial charge in [-0.15, -0.1) is 0 Å². The summed E-state index contributed by atoms with van der Waals surface area (Å²) in [6.45, 7) is 8.05. The molecule has 0 heterocycles. The zero-order valence-corrected chi connectivity index (χ0v) is 20.3. The molecule has 0 aromatic heterocycles. The second-order valence-corrected chi connectivity index (χ2v) is 11.2. The highest BCUT2D eigenvalue weighted by molar-refractivity contribution is 6.06. The molecule has 2 aromatic carbocycles. The van der Waals surface area contributed by atoms with E-state index in [0.717, 1.165) is 11.4 Å². The van der Waals surface area contributed by atoms with Crippen LogP contribution in [0.25, 0.3) is 0 Å². The summed E-state index contributed by atoms with van der Waals surface area (Å²) in [5.41, 5.74) is 2.54. The van der Waals surface area contributed by atoms with Crippen molar-refractivity contribution in [2.45, 2.75) is 59.3 Å². The Morgan fingerprint density at radius 1 is 0.735 bits per heavy atom. The van der Waals surface area contributed by atoms with Gasteiger partial charge in [0.25, 0.3) is 0 Å². The van der Waals surface area contributed by atoms with Gasteiger partial charge in [-0.3, -0.25) is 9.59 Å². The lowest BCUT2D eigenvalue weighted by Crippen LogP contribution is -2.34. The molecule has 0 saturated carbocycles. The molecule has 0 bridgehead atoms. The molecular formula is C29H33NO4. The number of anilines is 1. The maximum atomic E-state index is 13.7. The Morgan fingerprint density at radius 3 is 1.88 bits per heavy atom. The van der Waals surface area contributed by atoms with Crippen LogP contribution in [0.3, 0.4) is 0 Å². The largest absolute Gasteiger partial charge is 0.512 e. The van der Waals surface area contributed by atoms with Gasteiger partial charge in [-0.1, -0.05) is 58.0 Å². The van der Waals surface area contributed by atoms with Crippen LogP contribution in [0.15, 0.2) is 77.2 Å². The highest BCUT2D eigenvalue weighted by atomic mass is 16.3. The minimum absolute atomic E-state index is 0.0364. The van der Waals surface area contributed by atoms with Crippen LogP contribution in [-0.2, 0) is 9.59 Å². The van der Waals surface area contributed by atoms with E-state index in [-0.39, 0.29) is 33.9 Å². The van der Waals surface area contributed by atoms with Crippen LogP contribution in [0.5, 0.6) is 5.75 Å². The monoisotopic (exact) mass is 459 g/mol. The number of nitrogens with one attached hydrogen (secondary N) is 1. The number of ketones is 2. The first-order valence-electron chi connectivity index (χ1n) is 11.8. The molecule has 0 amide bonds. The van der Waals surface area contributed by atoms with Crippen LogP contribution >= 0.6 is 0 Å². The van der Waals surface area contributed by atoms with Crippen LogP contribution < -0.4 is 5.32 Å². The lowest BCUT2D eigenvalue weighted by molar-refractivity contribution is -0.119. The molecule has 0 radical (unpaired) electrons. The number of allylic oxidation sites excluding steroid dienone is 4. The van der Waals surface area contributed by atoms with E-state index in [4.69, 9.17) is 0 Å². The van der Waals surface area contributed by atoms with E-state index < -0.39 is 5.92 Å². The third-order valence-corrected chi connectivity index (χ3v) is 6.69. The number of phenolic OH excluding ortho intramolecular Hbond substituents is 1. The van der Waals surface area contributed by atoms with Crippen LogP contribution in [0, 0.1) is 10.8 Å². The Labute approximate surface area is 201 Å². The van der Waals surface area contributed by atoms with Gasteiger partial charge in [0.05, 0.1) is 0 Å². The summed E-state index contributed by atoms with van der Waals surface area (Å²) >= 11 is 0. The quantitative estimate of drug-likeness (QED) is 0.479. The predicted octanol–water partition coefficient (Wildman–Crippen LogP) is 6.43. The van der Waals surface area contributed by atoms with Gasteiger partial charge in [0.15, 0.2) is 11.6 Å². The van der Waals surface area contributed by atoms with Crippen molar-refractivity contribution in [2.75, 3.05) is 5.32 Å². The molecule has 34 heavy (non-hydrogen) atoms. The Kier molecular flexibility index (Phi) is 6.15. The van der Waals surface area contributed by atoms with Gasteiger partial charge in [-0.2, -0.15) is 0 Å². The molecule has 0 fully saturated rings. The maximum Gasteiger partial charge on any atom is 0.163 e. The molecular weight excluding hydrogens is 426 g/mol. The number of carbonyl (C=O) groups is 2. The highest BCUT2D eigenvalue weighted by Crippen LogP contribution is 2.48. The number of benzene rings is 2. The van der Waals surface area contributed by atoms with Gasteiger partial charge < -0.3 is 15.5 Å². The fraction of sp³-hybridized carbons (Fsp3) is 0.379. The molecule has 2 aliphatic rings. The van der Waals surface area contributed by atoms with Crippen molar-refractivity contribution >= 4 is 17.3 Å². The first-order chi connectivity index (χ1) is 16.0. The van der Waals surface area contributed by atoms with E-state index in [9.17, 15) is 19.8 Å². The van der Waals surface area contributed by atoms with Crippen LogP contribution in [0.2, 0.25) is 0 Å². The molecule has 0 aliphatic heterocycles. The normalized spacial score (nSPS) is 20.9. The number of rotatable bonds is 5. The van der Waals surface area contributed by atoms with Crippen molar-refractivity contribution in [3.63, 3.8) is 0 Å². The average molecular weight is 460 g/mol. The Morgan fingerprint density at radius 2 is 1.29 bits per heavy atom. The lowest BCUT2D eigenvalue weighted by atomic mass is 9.66. The number of para-hydroxylation sites is 1. The SMILES string of the molecule is CC1(C)CC(=O)C(C(C2=C(Nc3ccccc3)CC(C)(C)CC2=O)c2ccc(O)cc2)=C(O)C1. The smallest absolute Gasteiger partial charge is 0.163 e. The van der Waals surface area contributed by atoms with E-state index in [2.05, 4.69) is 19.2 Å². The standard InChI is InChI=1S/C29H33NO4/c1-28(2)14-21(30-19-8-6-5-7-9-19)26(22(32)15-28)25(18-10-12-20(31)13-11-18)27-23(33)16-29(3,4)17-24(27)34/h5-13,25,30-31,33H,14-17H2,1-4H3. The number of hydrogen-bond donors (Lipinski definition) is 3. The first-order valence-corrected chi connectivity index (χ1v) is 11.8. The van der Waals surface area contributed by atoms with Gasteiger partial charge in [0.2, 0.25) is 0 Å². The minimum atomic E-state index is -0.709. The van der Waals surface area contributed by atoms with Crippen molar-refractivity contribution in [3.05, 3.63) is 82.8 Å². The topological polar surface area (TPSA) is 86.6 Å². The number of hydrogen-bond acceptors (Lipinski definition) is 5. The maximum absolute atomic E-state index is 13.7. The molecule has 1 atom stereocenters. The van der Waals surface area contributed by atoms with Crippen molar-refractivity contribution in [1.82, 2.24) is 0 Å². The summed E-state index contributed by atoms with van der Waals surface area (Å²) in [4.78, 5) is 27.1. The second-order valence-electron chi connectivity index (χ2n) is 11.2. The number of phenols is 1. The van der Waals surface area contributed by atoms with Crippen molar-refractivity contribution in [1.29, 1.82) is 0 Å². The van der Waals surface area contributed by atoms with Crippen molar-refractivity contribution in [3.8, 4) is 5.75 Å². The number of aromatic hydroxyl groups is 1. The molecule has 1 unspecified atom stereocenters. The Bertz CT molecular complexity index is 1170. The molecule has 0 spiro atoms. The summed E-state index contributed by atoms with van der Waals surface area (Å²) in [7, 11) is 0. The zero-order valence-electron chi connectivity index (χ0n) is 20.3. The second kappa shape index (κ2) is 8.79. The van der Waals surface area contributed by atoms with E-state index in [1.165, 1.54) is 0 Å². The van der Waals surface area contributed by atoms with Gasteiger partial charge in [-0.05, 0) is 47.1 Å². The summed E-state index contributed by atoms with van der Waals surface area (Å²) in [5, 5.41) is 24.4. The van der Waals surface area contributed by atoms with E-state index in [0.29, 0.717) is 42.4 Å². The predicted molar refractivity (Wildman–Crippen MR) is 134 cm³/mol. The number of carbonyl (C=O) groups excluding carboxylic acids is 2. The van der Waals surface area contributed by atoms with Gasteiger partial charge in [0.1, 0.15) is 11.5 Å². The zero-order chi connectivity index (χ0) is 24.7. The van der Waals surface area contributed by atoms with Gasteiger partial charge >= 0.3 is 0 Å². The summed E-state index contributed by atoms with van der Waals surface area (Å²) in [6, 6.07) is 16.2. The Hall–Kier alpha value is -3.34. The number of aliphatic hydroxyl groups is 1. The molecule has 3 N–H and O–H groups in total. The molecule has 5 nitrogen and oxygen atoms in total. The van der Waals surface area contributed by atoms with E-state index in [1.54, 1.807) is 24.3 Å². The van der Waals surface area contributed by atoms with Crippen LogP contribution in [0.1, 0.15) is 64.9 Å². The lowest BCUT2D eigenvalue weighted by Gasteiger charge is -2.38. The van der Waals surface area contributed by atoms with E-state index >= 15 is 0 Å². The molecule has 4 rings (SSSR count). The van der Waals surface area contributed by atoms with Gasteiger partial charge in [0, 0.05) is 47.7 Å². The molecule has 2 aromatic rings. The minimum Gasteiger partial charge on any atom is -0.512 e. The third kappa shape index (κ3) is 4.93. The average Bonchev–Trinajstić information content (AvgIpc) is 2.71. The van der Waals surface area contributed by atoms with Crippen LogP contribution in [-0.4, -0.2) is 21.8 Å². The summed E-state index contributed by atoms with van der Waals surface area (Å²) < 4.78 is 0. The molecule has 0 saturated heterocycles. The summed E-state index contributed by atoms with van der Waals surface area (Å²) in [5.74, 6) is -0.742. The third-order valence-electron chi connectivity index (χ3n) is 6.69. The van der Waals surface area contributed by atoms with Crippen molar-refractivity contribution < 1.29 is 19.8 Å². The van der Waals surface area contributed by atoms with E-state index in [1.807, 2.05) is 44.2 Å². The number of aliphatic hydroxyl groups excluding tert-OH is 1. The molecule has 2 aliphatic carbocycles. The first kappa shape index (κ1) is 23.8. The molecule has 5 heteroatoms. The summed E-state index contributed by atoms with van der Waals surface area (Å²) in [6.07, 6.45) is 1.66. The van der Waals surface area contributed by atoms with Gasteiger partial charge in [-0.25, -0.2) is 0 Å². The Balaban J connectivity index is 1.95. The fourth-order valence-corrected chi connectivity index (χ4v) is 5.25. The van der Waals surface area contributed by atoms with Crippen molar-refractivity contribution in [2.24, 2.45) is 10.8 Å². The van der Waals surface area contributed by atoms with Crippen LogP contribution in [0.4, 0.5) is 5.69 Å². The number of Topliss-reactive ketones (excluding diaryl/α,β-unsaturated/α-hetero) is 2. The highest BCUT2D eigenvalue weighted by Gasteiger charge is 2.43. The fourth-order valence-electron chi connectivity index (χ4n) is 5.25. The molecule has 178 valence electrons.